The maximum absolute atomic E-state index is 14.4. The predicted molar refractivity (Wildman–Crippen MR) is 133 cm³/mol. The Balaban J connectivity index is 1.85. The van der Waals surface area contributed by atoms with Crippen LogP contribution in [0.25, 0.3) is 16.9 Å². The number of hydrogen-bond acceptors (Lipinski definition) is 5. The molecule has 2 N–H and O–H groups in total. The van der Waals surface area contributed by atoms with Crippen molar-refractivity contribution in [2.75, 3.05) is 6.61 Å². The maximum Gasteiger partial charge on any atom is 0.338 e. The van der Waals surface area contributed by atoms with Gasteiger partial charge in [-0.15, -0.1) is 0 Å². The standard InChI is InChI=1S/C27H22FN3O5/c1-3-36-27(35)17-10-12-19(13-11-17)31-25(32)21(23(30-31)18-7-4-6-16(2)14-18)15-29-24-20(26(33)34)8-5-9-22(24)28/h4-15,30H,3H2,1-2H3,(H,33,34). The number of halogens is 1. The number of aliphatic imine (C=N–C) groups is 1. The van der Waals surface area contributed by atoms with Crippen LogP contribution >= 0.6 is 0 Å². The largest absolute Gasteiger partial charge is 0.478 e. The Hall–Kier alpha value is -4.79. The average molecular weight is 487 g/mol. The van der Waals surface area contributed by atoms with Crippen molar-refractivity contribution in [3.63, 3.8) is 0 Å². The van der Waals surface area contributed by atoms with Crippen LogP contribution in [0.4, 0.5) is 10.1 Å². The third-order valence-corrected chi connectivity index (χ3v) is 5.41. The highest BCUT2D eigenvalue weighted by molar-refractivity contribution is 5.96. The number of carboxylic acids is 1. The van der Waals surface area contributed by atoms with Crippen LogP contribution in [-0.4, -0.2) is 39.6 Å². The summed E-state index contributed by atoms with van der Waals surface area (Å²) in [6.45, 7) is 3.85. The van der Waals surface area contributed by atoms with Gasteiger partial charge >= 0.3 is 11.9 Å². The Morgan fingerprint density at radius 1 is 1.11 bits per heavy atom. The summed E-state index contributed by atoms with van der Waals surface area (Å²) in [6.07, 6.45) is 1.16. The van der Waals surface area contributed by atoms with Crippen LogP contribution in [0.2, 0.25) is 0 Å². The van der Waals surface area contributed by atoms with Gasteiger partial charge in [0, 0.05) is 11.8 Å². The number of esters is 1. The van der Waals surface area contributed by atoms with Crippen molar-refractivity contribution >= 4 is 23.8 Å². The number of carbonyl (C=O) groups excluding carboxylic acids is 1. The fourth-order valence-electron chi connectivity index (χ4n) is 3.68. The highest BCUT2D eigenvalue weighted by Crippen LogP contribution is 2.25. The number of para-hydroxylation sites is 1. The maximum atomic E-state index is 14.4. The molecular weight excluding hydrogens is 465 g/mol. The number of aromatic amines is 1. The van der Waals surface area contributed by atoms with Crippen molar-refractivity contribution < 1.29 is 23.8 Å². The molecule has 0 amide bonds. The lowest BCUT2D eigenvalue weighted by molar-refractivity contribution is 0.0525. The molecule has 0 unspecified atom stereocenters. The molecule has 9 heteroatoms. The monoisotopic (exact) mass is 487 g/mol. The summed E-state index contributed by atoms with van der Waals surface area (Å²) in [6, 6.07) is 17.3. The number of benzene rings is 3. The van der Waals surface area contributed by atoms with E-state index >= 15 is 0 Å². The molecule has 182 valence electrons. The molecule has 0 saturated heterocycles. The van der Waals surface area contributed by atoms with Gasteiger partial charge in [0.2, 0.25) is 0 Å². The van der Waals surface area contributed by atoms with Gasteiger partial charge < -0.3 is 9.84 Å². The zero-order valence-electron chi connectivity index (χ0n) is 19.5. The van der Waals surface area contributed by atoms with Crippen LogP contribution in [0.15, 0.2) is 76.5 Å². The summed E-state index contributed by atoms with van der Waals surface area (Å²) in [7, 11) is 0. The lowest BCUT2D eigenvalue weighted by Gasteiger charge is -2.05. The summed E-state index contributed by atoms with van der Waals surface area (Å²) in [5.41, 5.74) is 1.73. The molecule has 4 rings (SSSR count). The molecule has 0 atom stereocenters. The molecule has 4 aromatic rings. The lowest BCUT2D eigenvalue weighted by Crippen LogP contribution is -2.17. The molecule has 3 aromatic carbocycles. The minimum Gasteiger partial charge on any atom is -0.478 e. The van der Waals surface area contributed by atoms with E-state index in [4.69, 9.17) is 4.74 Å². The Morgan fingerprint density at radius 2 is 1.83 bits per heavy atom. The molecule has 1 aromatic heterocycles. The lowest BCUT2D eigenvalue weighted by atomic mass is 10.1. The predicted octanol–water partition coefficient (Wildman–Crippen LogP) is 4.91. The summed E-state index contributed by atoms with van der Waals surface area (Å²) in [5.74, 6) is -2.64. The minimum atomic E-state index is -1.34. The van der Waals surface area contributed by atoms with Crippen LogP contribution in [0.1, 0.15) is 38.8 Å². The van der Waals surface area contributed by atoms with Gasteiger partial charge in [-0.2, -0.15) is 0 Å². The van der Waals surface area contributed by atoms with E-state index in [1.165, 1.54) is 16.8 Å². The fourth-order valence-corrected chi connectivity index (χ4v) is 3.68. The van der Waals surface area contributed by atoms with E-state index in [0.29, 0.717) is 22.5 Å². The first kappa shape index (κ1) is 24.3. The molecule has 0 fully saturated rings. The highest BCUT2D eigenvalue weighted by atomic mass is 19.1. The number of nitrogens with zero attached hydrogens (tertiary/aromatic N) is 2. The van der Waals surface area contributed by atoms with Gasteiger partial charge in [0.25, 0.3) is 5.56 Å². The number of nitrogens with one attached hydrogen (secondary N) is 1. The zero-order chi connectivity index (χ0) is 25.8. The first-order chi connectivity index (χ1) is 17.3. The van der Waals surface area contributed by atoms with E-state index in [-0.39, 0.29) is 23.4 Å². The molecule has 0 saturated carbocycles. The van der Waals surface area contributed by atoms with E-state index in [9.17, 15) is 23.9 Å². The molecule has 36 heavy (non-hydrogen) atoms. The van der Waals surface area contributed by atoms with Crippen molar-refractivity contribution in [3.05, 3.63) is 105 Å². The Morgan fingerprint density at radius 3 is 2.50 bits per heavy atom. The number of carbonyl (C=O) groups is 2. The third kappa shape index (κ3) is 4.85. The number of H-pyrrole nitrogens is 1. The van der Waals surface area contributed by atoms with E-state index in [2.05, 4.69) is 10.1 Å². The minimum absolute atomic E-state index is 0.106. The van der Waals surface area contributed by atoms with Gasteiger partial charge in [-0.25, -0.2) is 18.7 Å². The van der Waals surface area contributed by atoms with Gasteiger partial charge in [0.05, 0.1) is 34.7 Å². The van der Waals surface area contributed by atoms with Crippen LogP contribution in [-0.2, 0) is 4.74 Å². The molecule has 0 bridgehead atoms. The molecule has 0 aliphatic rings. The molecule has 0 aliphatic carbocycles. The van der Waals surface area contributed by atoms with Crippen molar-refractivity contribution in [2.24, 2.45) is 4.99 Å². The second-order valence-electron chi connectivity index (χ2n) is 7.88. The smallest absolute Gasteiger partial charge is 0.338 e. The van der Waals surface area contributed by atoms with Crippen LogP contribution < -0.4 is 5.56 Å². The van der Waals surface area contributed by atoms with Crippen molar-refractivity contribution in [1.29, 1.82) is 0 Å². The van der Waals surface area contributed by atoms with Crippen LogP contribution in [0, 0.1) is 12.7 Å². The second-order valence-corrected chi connectivity index (χ2v) is 7.88. The van der Waals surface area contributed by atoms with Crippen molar-refractivity contribution in [1.82, 2.24) is 9.78 Å². The molecule has 8 nitrogen and oxygen atoms in total. The highest BCUT2D eigenvalue weighted by Gasteiger charge is 2.18. The topological polar surface area (TPSA) is 114 Å². The van der Waals surface area contributed by atoms with Gasteiger partial charge in [0.15, 0.2) is 0 Å². The normalized spacial score (nSPS) is 11.1. The first-order valence-corrected chi connectivity index (χ1v) is 11.1. The number of aryl methyl sites for hydroxylation is 1. The van der Waals surface area contributed by atoms with Crippen LogP contribution in [0.3, 0.4) is 0 Å². The molecule has 0 spiro atoms. The van der Waals surface area contributed by atoms with Gasteiger partial charge in [0.1, 0.15) is 11.5 Å². The number of carboxylic acid groups (broad SMARTS) is 1. The third-order valence-electron chi connectivity index (χ3n) is 5.41. The summed E-state index contributed by atoms with van der Waals surface area (Å²) >= 11 is 0. The first-order valence-electron chi connectivity index (χ1n) is 11.1. The average Bonchev–Trinajstić information content (AvgIpc) is 3.19. The molecule has 0 radical (unpaired) electrons. The summed E-state index contributed by atoms with van der Waals surface area (Å²) in [4.78, 5) is 41.0. The Labute approximate surface area is 205 Å². The van der Waals surface area contributed by atoms with E-state index < -0.39 is 23.3 Å². The van der Waals surface area contributed by atoms with Gasteiger partial charge in [-0.3, -0.25) is 14.9 Å². The van der Waals surface area contributed by atoms with Crippen LogP contribution in [0.5, 0.6) is 0 Å². The second kappa shape index (κ2) is 10.2. The molecule has 1 heterocycles. The molecular formula is C27H22FN3O5. The quantitative estimate of drug-likeness (QED) is 0.284. The Kier molecular flexibility index (Phi) is 6.91. The summed E-state index contributed by atoms with van der Waals surface area (Å²) in [5, 5.41) is 12.5. The number of hydrogen-bond donors (Lipinski definition) is 2. The van der Waals surface area contributed by atoms with Crippen molar-refractivity contribution in [3.8, 4) is 16.9 Å². The Bertz CT molecular complexity index is 1530. The van der Waals surface area contributed by atoms with Gasteiger partial charge in [-0.1, -0.05) is 29.8 Å². The SMILES string of the molecule is CCOC(=O)c1ccc(-n2[nH]c(-c3cccc(C)c3)c(C=Nc3c(F)cccc3C(=O)O)c2=O)cc1. The summed E-state index contributed by atoms with van der Waals surface area (Å²) < 4.78 is 20.7. The van der Waals surface area contributed by atoms with Crippen molar-refractivity contribution in [2.45, 2.75) is 13.8 Å². The molecule has 0 aliphatic heterocycles. The van der Waals surface area contributed by atoms with Gasteiger partial charge in [-0.05, 0) is 56.3 Å². The van der Waals surface area contributed by atoms with E-state index in [0.717, 1.165) is 17.8 Å². The number of rotatable bonds is 7. The zero-order valence-corrected chi connectivity index (χ0v) is 19.5. The number of aromatic carboxylic acids is 1. The van der Waals surface area contributed by atoms with E-state index in [1.807, 2.05) is 25.1 Å². The van der Waals surface area contributed by atoms with E-state index in [1.54, 1.807) is 37.3 Å². The number of ether oxygens (including phenoxy) is 1. The fraction of sp³-hybridized carbons (Fsp3) is 0.111. The number of aromatic nitrogens is 2.